The van der Waals surface area contributed by atoms with E-state index in [2.05, 4.69) is 57.0 Å². The van der Waals surface area contributed by atoms with Crippen LogP contribution in [-0.2, 0) is 6.42 Å². The van der Waals surface area contributed by atoms with Crippen LogP contribution in [0.3, 0.4) is 0 Å². The molecule has 0 aliphatic heterocycles. The van der Waals surface area contributed by atoms with E-state index < -0.39 is 0 Å². The van der Waals surface area contributed by atoms with Crippen LogP contribution in [0, 0.1) is 5.92 Å². The van der Waals surface area contributed by atoms with Gasteiger partial charge in [0.1, 0.15) is 0 Å². The summed E-state index contributed by atoms with van der Waals surface area (Å²) < 4.78 is 0. The molecular formula is C15H26N2. The highest BCUT2D eigenvalue weighted by Crippen LogP contribution is 2.21. The summed E-state index contributed by atoms with van der Waals surface area (Å²) in [6.07, 6.45) is 2.17. The van der Waals surface area contributed by atoms with E-state index in [0.717, 1.165) is 18.9 Å². The molecule has 0 saturated heterocycles. The Kier molecular flexibility index (Phi) is 5.49. The molecule has 0 bridgehead atoms. The van der Waals surface area contributed by atoms with E-state index >= 15 is 0 Å². The molecule has 96 valence electrons. The first-order valence-corrected chi connectivity index (χ1v) is 6.55. The molecule has 0 aromatic heterocycles. The molecule has 0 aliphatic carbocycles. The van der Waals surface area contributed by atoms with Crippen molar-refractivity contribution in [2.45, 2.75) is 39.7 Å². The standard InChI is InChI=1S/C15H26N2/c1-12(2)9-10-17(4)15-8-6-5-7-14(15)11-13(3)16/h5-8,12-13H,9-11,16H2,1-4H3. The van der Waals surface area contributed by atoms with E-state index in [1.54, 1.807) is 0 Å². The van der Waals surface area contributed by atoms with Crippen LogP contribution in [0.1, 0.15) is 32.8 Å². The molecule has 17 heavy (non-hydrogen) atoms. The highest BCUT2D eigenvalue weighted by Gasteiger charge is 2.08. The van der Waals surface area contributed by atoms with Crippen molar-refractivity contribution in [3.8, 4) is 0 Å². The molecule has 1 atom stereocenters. The van der Waals surface area contributed by atoms with E-state index in [1.165, 1.54) is 17.7 Å². The largest absolute Gasteiger partial charge is 0.374 e. The first-order chi connectivity index (χ1) is 8.00. The second kappa shape index (κ2) is 6.65. The number of para-hydroxylation sites is 1. The third-order valence-corrected chi connectivity index (χ3v) is 2.99. The zero-order chi connectivity index (χ0) is 12.8. The van der Waals surface area contributed by atoms with Gasteiger partial charge in [0, 0.05) is 25.3 Å². The molecule has 0 amide bonds. The monoisotopic (exact) mass is 234 g/mol. The van der Waals surface area contributed by atoms with Crippen molar-refractivity contribution >= 4 is 5.69 Å². The Morgan fingerprint density at radius 1 is 1.18 bits per heavy atom. The van der Waals surface area contributed by atoms with Crippen molar-refractivity contribution in [1.82, 2.24) is 0 Å². The van der Waals surface area contributed by atoms with Crippen molar-refractivity contribution in [2.75, 3.05) is 18.5 Å². The Hall–Kier alpha value is -1.02. The van der Waals surface area contributed by atoms with Gasteiger partial charge >= 0.3 is 0 Å². The van der Waals surface area contributed by atoms with Crippen LogP contribution >= 0.6 is 0 Å². The molecule has 2 N–H and O–H groups in total. The normalized spacial score (nSPS) is 12.8. The second-order valence-electron chi connectivity index (χ2n) is 5.41. The zero-order valence-corrected chi connectivity index (χ0v) is 11.6. The van der Waals surface area contributed by atoms with Gasteiger partial charge in [0.2, 0.25) is 0 Å². The van der Waals surface area contributed by atoms with Crippen molar-refractivity contribution in [2.24, 2.45) is 11.7 Å². The van der Waals surface area contributed by atoms with Gasteiger partial charge in [-0.15, -0.1) is 0 Å². The van der Waals surface area contributed by atoms with Gasteiger partial charge in [0.15, 0.2) is 0 Å². The Labute approximate surface area is 106 Å². The van der Waals surface area contributed by atoms with Crippen LogP contribution in [0.5, 0.6) is 0 Å². The lowest BCUT2D eigenvalue weighted by atomic mass is 10.0. The fourth-order valence-corrected chi connectivity index (χ4v) is 1.98. The van der Waals surface area contributed by atoms with Crippen molar-refractivity contribution < 1.29 is 0 Å². The number of rotatable bonds is 6. The minimum absolute atomic E-state index is 0.217. The third-order valence-electron chi connectivity index (χ3n) is 2.99. The molecule has 0 radical (unpaired) electrons. The van der Waals surface area contributed by atoms with Crippen LogP contribution in [0.25, 0.3) is 0 Å². The molecule has 2 heteroatoms. The molecule has 0 spiro atoms. The van der Waals surface area contributed by atoms with Crippen molar-refractivity contribution in [3.05, 3.63) is 29.8 Å². The second-order valence-corrected chi connectivity index (χ2v) is 5.41. The van der Waals surface area contributed by atoms with E-state index in [-0.39, 0.29) is 6.04 Å². The maximum atomic E-state index is 5.90. The van der Waals surface area contributed by atoms with Gasteiger partial charge in [0.25, 0.3) is 0 Å². The predicted octanol–water partition coefficient (Wildman–Crippen LogP) is 3.06. The summed E-state index contributed by atoms with van der Waals surface area (Å²) in [5, 5.41) is 0. The van der Waals surface area contributed by atoms with Crippen LogP contribution in [-0.4, -0.2) is 19.6 Å². The Morgan fingerprint density at radius 3 is 2.41 bits per heavy atom. The molecule has 0 aliphatic rings. The highest BCUT2D eigenvalue weighted by molar-refractivity contribution is 5.53. The summed E-state index contributed by atoms with van der Waals surface area (Å²) in [6, 6.07) is 8.79. The molecule has 1 rings (SSSR count). The first-order valence-electron chi connectivity index (χ1n) is 6.55. The minimum atomic E-state index is 0.217. The minimum Gasteiger partial charge on any atom is -0.374 e. The summed E-state index contributed by atoms with van der Waals surface area (Å²) in [5.74, 6) is 0.748. The smallest absolute Gasteiger partial charge is 0.0396 e. The molecule has 2 nitrogen and oxygen atoms in total. The predicted molar refractivity (Wildman–Crippen MR) is 76.5 cm³/mol. The first kappa shape index (κ1) is 14.0. The van der Waals surface area contributed by atoms with E-state index in [0.29, 0.717) is 0 Å². The van der Waals surface area contributed by atoms with Gasteiger partial charge in [-0.2, -0.15) is 0 Å². The van der Waals surface area contributed by atoms with Crippen LogP contribution in [0.15, 0.2) is 24.3 Å². The van der Waals surface area contributed by atoms with Crippen LogP contribution < -0.4 is 10.6 Å². The quantitative estimate of drug-likeness (QED) is 0.819. The van der Waals surface area contributed by atoms with Crippen LogP contribution in [0.4, 0.5) is 5.69 Å². The number of hydrogen-bond donors (Lipinski definition) is 1. The SMILES string of the molecule is CC(C)CCN(C)c1ccccc1CC(C)N. The average Bonchev–Trinajstić information content (AvgIpc) is 2.25. The molecular weight excluding hydrogens is 208 g/mol. The zero-order valence-electron chi connectivity index (χ0n) is 11.6. The van der Waals surface area contributed by atoms with E-state index in [1.807, 2.05) is 0 Å². The summed E-state index contributed by atoms with van der Waals surface area (Å²) >= 11 is 0. The lowest BCUT2D eigenvalue weighted by Crippen LogP contribution is -2.24. The topological polar surface area (TPSA) is 29.3 Å². The third kappa shape index (κ3) is 4.78. The Morgan fingerprint density at radius 2 is 1.82 bits per heavy atom. The lowest BCUT2D eigenvalue weighted by Gasteiger charge is -2.24. The average molecular weight is 234 g/mol. The van der Waals surface area contributed by atoms with E-state index in [9.17, 15) is 0 Å². The summed E-state index contributed by atoms with van der Waals surface area (Å²) in [5.41, 5.74) is 8.58. The fraction of sp³-hybridized carbons (Fsp3) is 0.600. The molecule has 0 heterocycles. The summed E-state index contributed by atoms with van der Waals surface area (Å²) in [4.78, 5) is 2.34. The summed E-state index contributed by atoms with van der Waals surface area (Å²) in [7, 11) is 2.17. The molecule has 1 aromatic carbocycles. The highest BCUT2D eigenvalue weighted by atomic mass is 15.1. The molecule has 1 aromatic rings. The van der Waals surface area contributed by atoms with Gasteiger partial charge in [-0.3, -0.25) is 0 Å². The molecule has 0 fully saturated rings. The van der Waals surface area contributed by atoms with Crippen LogP contribution in [0.2, 0.25) is 0 Å². The number of hydrogen-bond acceptors (Lipinski definition) is 2. The Bertz CT molecular complexity index is 331. The fourth-order valence-electron chi connectivity index (χ4n) is 1.98. The summed E-state index contributed by atoms with van der Waals surface area (Å²) in [6.45, 7) is 7.70. The maximum absolute atomic E-state index is 5.90. The van der Waals surface area contributed by atoms with Crippen molar-refractivity contribution in [3.63, 3.8) is 0 Å². The van der Waals surface area contributed by atoms with Crippen molar-refractivity contribution in [1.29, 1.82) is 0 Å². The molecule has 0 saturated carbocycles. The number of anilines is 1. The molecule has 1 unspecified atom stereocenters. The van der Waals surface area contributed by atoms with E-state index in [4.69, 9.17) is 5.73 Å². The van der Waals surface area contributed by atoms with Gasteiger partial charge in [-0.25, -0.2) is 0 Å². The van der Waals surface area contributed by atoms with Gasteiger partial charge in [-0.1, -0.05) is 32.0 Å². The van der Waals surface area contributed by atoms with Gasteiger partial charge < -0.3 is 10.6 Å². The number of benzene rings is 1. The number of nitrogens with two attached hydrogens (primary N) is 1. The maximum Gasteiger partial charge on any atom is 0.0396 e. The van der Waals surface area contributed by atoms with Gasteiger partial charge in [0.05, 0.1) is 0 Å². The Balaban J connectivity index is 2.74. The lowest BCUT2D eigenvalue weighted by molar-refractivity contribution is 0.584. The number of nitrogens with zero attached hydrogens (tertiary/aromatic N) is 1. The van der Waals surface area contributed by atoms with Gasteiger partial charge in [-0.05, 0) is 37.3 Å².